The van der Waals surface area contributed by atoms with Crippen molar-refractivity contribution in [2.24, 2.45) is 0 Å². The lowest BCUT2D eigenvalue weighted by atomic mass is 10.2. The van der Waals surface area contributed by atoms with E-state index in [9.17, 15) is 14.5 Å². The van der Waals surface area contributed by atoms with Crippen LogP contribution in [-0.4, -0.2) is 22.5 Å². The summed E-state index contributed by atoms with van der Waals surface area (Å²) in [6, 6.07) is 3.68. The van der Waals surface area contributed by atoms with Crippen LogP contribution in [0, 0.1) is 15.9 Å². The monoisotopic (exact) mass is 270 g/mol. The SMILES string of the molecule is CSC1(CNCc2cc(F)cc([N+](=O)[O-])c2)CC1. The van der Waals surface area contributed by atoms with Gasteiger partial charge in [-0.05, 0) is 30.7 Å². The van der Waals surface area contributed by atoms with Crippen LogP contribution >= 0.6 is 11.8 Å². The summed E-state index contributed by atoms with van der Waals surface area (Å²) in [4.78, 5) is 10.0. The van der Waals surface area contributed by atoms with E-state index >= 15 is 0 Å². The molecule has 1 aromatic carbocycles. The minimum Gasteiger partial charge on any atom is -0.311 e. The molecule has 0 aliphatic heterocycles. The fraction of sp³-hybridized carbons (Fsp3) is 0.500. The predicted molar refractivity (Wildman–Crippen MR) is 70.2 cm³/mol. The summed E-state index contributed by atoms with van der Waals surface area (Å²) in [5.41, 5.74) is 0.413. The second-order valence-electron chi connectivity index (χ2n) is 4.57. The second kappa shape index (κ2) is 5.24. The second-order valence-corrected chi connectivity index (χ2v) is 5.84. The number of rotatable bonds is 6. The van der Waals surface area contributed by atoms with Gasteiger partial charge in [-0.2, -0.15) is 11.8 Å². The topological polar surface area (TPSA) is 55.2 Å². The van der Waals surface area contributed by atoms with Crippen molar-refractivity contribution in [2.75, 3.05) is 12.8 Å². The average molecular weight is 270 g/mol. The van der Waals surface area contributed by atoms with Crippen molar-refractivity contribution in [1.82, 2.24) is 5.32 Å². The number of nitrogens with zero attached hydrogens (tertiary/aromatic N) is 1. The molecule has 1 aliphatic carbocycles. The summed E-state index contributed by atoms with van der Waals surface area (Å²) >= 11 is 1.84. The number of hydrogen-bond donors (Lipinski definition) is 1. The number of benzene rings is 1. The minimum atomic E-state index is -0.573. The largest absolute Gasteiger partial charge is 0.311 e. The van der Waals surface area contributed by atoms with Gasteiger partial charge in [0.05, 0.1) is 11.0 Å². The van der Waals surface area contributed by atoms with Crippen molar-refractivity contribution in [3.63, 3.8) is 0 Å². The molecule has 0 heterocycles. The smallest absolute Gasteiger partial charge is 0.272 e. The van der Waals surface area contributed by atoms with Crippen molar-refractivity contribution >= 4 is 17.4 Å². The summed E-state index contributed by atoms with van der Waals surface area (Å²) in [7, 11) is 0. The van der Waals surface area contributed by atoms with Gasteiger partial charge < -0.3 is 5.32 Å². The van der Waals surface area contributed by atoms with Crippen LogP contribution in [0.1, 0.15) is 18.4 Å². The highest BCUT2D eigenvalue weighted by Gasteiger charge is 2.41. The molecule has 1 aliphatic rings. The van der Waals surface area contributed by atoms with Crippen molar-refractivity contribution in [2.45, 2.75) is 24.1 Å². The number of hydrogen-bond acceptors (Lipinski definition) is 4. The van der Waals surface area contributed by atoms with Gasteiger partial charge >= 0.3 is 0 Å². The summed E-state index contributed by atoms with van der Waals surface area (Å²) in [5, 5.41) is 13.8. The van der Waals surface area contributed by atoms with Gasteiger partial charge in [0.2, 0.25) is 0 Å². The molecule has 6 heteroatoms. The van der Waals surface area contributed by atoms with Gasteiger partial charge in [0.15, 0.2) is 0 Å². The normalized spacial score (nSPS) is 16.6. The maximum Gasteiger partial charge on any atom is 0.272 e. The van der Waals surface area contributed by atoms with E-state index in [1.165, 1.54) is 25.0 Å². The highest BCUT2D eigenvalue weighted by molar-refractivity contribution is 8.00. The Bertz CT molecular complexity index is 463. The molecule has 0 unspecified atom stereocenters. The van der Waals surface area contributed by atoms with Crippen molar-refractivity contribution in [3.8, 4) is 0 Å². The Morgan fingerprint density at radius 1 is 1.50 bits per heavy atom. The Hall–Kier alpha value is -1.14. The molecule has 2 rings (SSSR count). The lowest BCUT2D eigenvalue weighted by Gasteiger charge is -2.12. The van der Waals surface area contributed by atoms with Gasteiger partial charge in [0, 0.05) is 23.9 Å². The Morgan fingerprint density at radius 3 is 2.78 bits per heavy atom. The summed E-state index contributed by atoms with van der Waals surface area (Å²) < 4.78 is 13.5. The lowest BCUT2D eigenvalue weighted by Crippen LogP contribution is -2.25. The molecular weight excluding hydrogens is 255 g/mol. The first-order valence-corrected chi connectivity index (χ1v) is 6.97. The van der Waals surface area contributed by atoms with E-state index in [0.717, 1.165) is 12.6 Å². The Labute approximate surface area is 109 Å². The molecule has 1 saturated carbocycles. The Morgan fingerprint density at radius 2 is 2.22 bits per heavy atom. The third-order valence-electron chi connectivity index (χ3n) is 3.17. The standard InChI is InChI=1S/C12H15FN2O2S/c1-18-12(2-3-12)8-14-7-9-4-10(13)6-11(5-9)15(16)17/h4-6,14H,2-3,7-8H2,1H3. The third kappa shape index (κ3) is 3.20. The molecule has 0 saturated heterocycles. The molecule has 1 N–H and O–H groups in total. The van der Waals surface area contributed by atoms with Crippen LogP contribution in [0.5, 0.6) is 0 Å². The first kappa shape index (κ1) is 13.3. The van der Waals surface area contributed by atoms with E-state index in [4.69, 9.17) is 0 Å². The molecule has 4 nitrogen and oxygen atoms in total. The van der Waals surface area contributed by atoms with Crippen LogP contribution < -0.4 is 5.32 Å². The summed E-state index contributed by atoms with van der Waals surface area (Å²) in [6.07, 6.45) is 4.48. The van der Waals surface area contributed by atoms with Crippen LogP contribution in [0.4, 0.5) is 10.1 Å². The first-order valence-electron chi connectivity index (χ1n) is 5.74. The van der Waals surface area contributed by atoms with Crippen LogP contribution in [-0.2, 0) is 6.54 Å². The molecule has 0 bridgehead atoms. The average Bonchev–Trinajstić information content (AvgIpc) is 3.09. The highest BCUT2D eigenvalue weighted by atomic mass is 32.2. The maximum atomic E-state index is 13.2. The van der Waals surface area contributed by atoms with Crippen LogP contribution in [0.25, 0.3) is 0 Å². The zero-order valence-corrected chi connectivity index (χ0v) is 10.9. The first-order chi connectivity index (χ1) is 8.54. The Kier molecular flexibility index (Phi) is 3.87. The van der Waals surface area contributed by atoms with Crippen LogP contribution in [0.2, 0.25) is 0 Å². The zero-order valence-electron chi connectivity index (χ0n) is 10.1. The number of nitro groups is 1. The molecular formula is C12H15FN2O2S. The zero-order chi connectivity index (χ0) is 13.2. The number of nitro benzene ring substituents is 1. The van der Waals surface area contributed by atoms with Gasteiger partial charge in [-0.1, -0.05) is 0 Å². The van der Waals surface area contributed by atoms with Crippen molar-refractivity contribution < 1.29 is 9.31 Å². The maximum absolute atomic E-state index is 13.2. The molecule has 0 radical (unpaired) electrons. The molecule has 0 aromatic heterocycles. The van der Waals surface area contributed by atoms with Gasteiger partial charge in [-0.25, -0.2) is 4.39 Å². The number of non-ortho nitro benzene ring substituents is 1. The van der Waals surface area contributed by atoms with Gasteiger partial charge in [-0.3, -0.25) is 10.1 Å². The molecule has 98 valence electrons. The number of thioether (sulfide) groups is 1. The minimum absolute atomic E-state index is 0.196. The van der Waals surface area contributed by atoms with Crippen molar-refractivity contribution in [1.29, 1.82) is 0 Å². The molecule has 1 aromatic rings. The number of nitrogens with one attached hydrogen (secondary N) is 1. The van der Waals surface area contributed by atoms with E-state index in [1.807, 2.05) is 11.8 Å². The van der Waals surface area contributed by atoms with Crippen LogP contribution in [0.3, 0.4) is 0 Å². The summed E-state index contributed by atoms with van der Waals surface area (Å²) in [5.74, 6) is -0.563. The molecule has 0 atom stereocenters. The highest BCUT2D eigenvalue weighted by Crippen LogP contribution is 2.46. The fourth-order valence-corrected chi connectivity index (χ4v) is 2.62. The van der Waals surface area contributed by atoms with E-state index in [1.54, 1.807) is 0 Å². The van der Waals surface area contributed by atoms with E-state index < -0.39 is 10.7 Å². The Balaban J connectivity index is 1.94. The third-order valence-corrected chi connectivity index (χ3v) is 4.59. The quantitative estimate of drug-likeness (QED) is 0.638. The van der Waals surface area contributed by atoms with Crippen LogP contribution in [0.15, 0.2) is 18.2 Å². The van der Waals surface area contributed by atoms with Crippen molar-refractivity contribution in [3.05, 3.63) is 39.7 Å². The molecule has 0 amide bonds. The van der Waals surface area contributed by atoms with Gasteiger partial charge in [-0.15, -0.1) is 0 Å². The number of halogens is 1. The molecule has 18 heavy (non-hydrogen) atoms. The van der Waals surface area contributed by atoms with Gasteiger partial charge in [0.1, 0.15) is 5.82 Å². The molecule has 1 fully saturated rings. The van der Waals surface area contributed by atoms with E-state index in [-0.39, 0.29) is 5.69 Å². The molecule has 0 spiro atoms. The van der Waals surface area contributed by atoms with E-state index in [0.29, 0.717) is 16.9 Å². The summed E-state index contributed by atoms with van der Waals surface area (Å²) in [6.45, 7) is 1.32. The van der Waals surface area contributed by atoms with E-state index in [2.05, 4.69) is 11.6 Å². The fourth-order valence-electron chi connectivity index (χ4n) is 1.87. The lowest BCUT2D eigenvalue weighted by molar-refractivity contribution is -0.385. The van der Waals surface area contributed by atoms with Gasteiger partial charge in [0.25, 0.3) is 5.69 Å². The predicted octanol–water partition coefficient (Wildman–Crippen LogP) is 2.72.